The van der Waals surface area contributed by atoms with Crippen molar-refractivity contribution in [3.8, 4) is 45.3 Å². The van der Waals surface area contributed by atoms with Crippen molar-refractivity contribution in [1.82, 2.24) is 15.0 Å². The number of rotatable bonds is 6. The Hall–Kier alpha value is -7.83. The average Bonchev–Trinajstić information content (AvgIpc) is 3.66. The van der Waals surface area contributed by atoms with Crippen LogP contribution in [0.15, 0.2) is 205 Å². The maximum absolute atomic E-state index is 6.52. The molecule has 57 heavy (non-hydrogen) atoms. The summed E-state index contributed by atoms with van der Waals surface area (Å²) < 4.78 is 6.52. The lowest BCUT2D eigenvalue weighted by molar-refractivity contribution is 0.669. The molecule has 6 heteroatoms. The van der Waals surface area contributed by atoms with E-state index in [9.17, 15) is 0 Å². The van der Waals surface area contributed by atoms with Gasteiger partial charge < -0.3 is 14.2 Å². The standard InChI is InChI=1S/C51H33N5O/c1-5-15-34(16-6-1)49-52-50(35-17-7-2-8-18-35)54-51(53-49)38-25-28-41-42-31-36(27-30-47(42)57-48(41)33-38)37-26-29-45-46(32-37)56(40-21-11-4-12-22-40)44-24-14-13-23-43(44)55(45)39-19-9-3-10-20-39/h1-33H. The molecular weight excluding hydrogens is 699 g/mol. The zero-order chi connectivity index (χ0) is 37.7. The Morgan fingerprint density at radius 1 is 0.298 bits per heavy atom. The summed E-state index contributed by atoms with van der Waals surface area (Å²) in [7, 11) is 0. The van der Waals surface area contributed by atoms with Gasteiger partial charge in [0, 0.05) is 38.8 Å². The molecule has 0 amide bonds. The molecule has 2 aromatic heterocycles. The van der Waals surface area contributed by atoms with Gasteiger partial charge in [0.2, 0.25) is 0 Å². The zero-order valence-electron chi connectivity index (χ0n) is 30.7. The highest BCUT2D eigenvalue weighted by Crippen LogP contribution is 2.54. The number of aromatic nitrogens is 3. The second kappa shape index (κ2) is 13.5. The predicted molar refractivity (Wildman–Crippen MR) is 232 cm³/mol. The summed E-state index contributed by atoms with van der Waals surface area (Å²) in [5.41, 5.74) is 13.2. The van der Waals surface area contributed by atoms with Gasteiger partial charge in [-0.15, -0.1) is 0 Å². The fourth-order valence-electron chi connectivity index (χ4n) is 7.92. The average molecular weight is 732 g/mol. The SMILES string of the molecule is c1ccc(-c2nc(-c3ccccc3)nc(-c3ccc4c(c3)oc3ccc(-c5ccc6c(c5)N(c5ccccc5)c5ccccc5N6c5ccccc5)cc34)n2)cc1. The van der Waals surface area contributed by atoms with Crippen LogP contribution in [-0.4, -0.2) is 15.0 Å². The summed E-state index contributed by atoms with van der Waals surface area (Å²) in [5.74, 6) is 1.84. The Balaban J connectivity index is 1.02. The van der Waals surface area contributed by atoms with Gasteiger partial charge in [0.1, 0.15) is 11.2 Å². The second-order valence-corrected chi connectivity index (χ2v) is 14.1. The second-order valence-electron chi connectivity index (χ2n) is 14.1. The van der Waals surface area contributed by atoms with E-state index in [1.807, 2.05) is 66.7 Å². The van der Waals surface area contributed by atoms with Crippen LogP contribution < -0.4 is 9.80 Å². The molecule has 0 atom stereocenters. The Kier molecular flexibility index (Phi) is 7.71. The van der Waals surface area contributed by atoms with Gasteiger partial charge in [0.25, 0.3) is 0 Å². The summed E-state index contributed by atoms with van der Waals surface area (Å²) in [6.45, 7) is 0. The van der Waals surface area contributed by atoms with Crippen LogP contribution in [0.5, 0.6) is 0 Å². The molecule has 11 rings (SSSR count). The van der Waals surface area contributed by atoms with Crippen LogP contribution in [0, 0.1) is 0 Å². The number of furan rings is 1. The van der Waals surface area contributed by atoms with E-state index >= 15 is 0 Å². The van der Waals surface area contributed by atoms with Crippen molar-refractivity contribution in [1.29, 1.82) is 0 Å². The molecule has 10 aromatic rings. The Morgan fingerprint density at radius 2 is 0.754 bits per heavy atom. The third-order valence-electron chi connectivity index (χ3n) is 10.6. The van der Waals surface area contributed by atoms with Crippen molar-refractivity contribution in [3.05, 3.63) is 200 Å². The van der Waals surface area contributed by atoms with Gasteiger partial charge >= 0.3 is 0 Å². The molecule has 0 bridgehead atoms. The molecule has 3 heterocycles. The van der Waals surface area contributed by atoms with Crippen LogP contribution in [0.1, 0.15) is 0 Å². The lowest BCUT2D eigenvalue weighted by Crippen LogP contribution is -2.24. The summed E-state index contributed by atoms with van der Waals surface area (Å²) in [6.07, 6.45) is 0. The molecule has 1 aliphatic heterocycles. The fraction of sp³-hybridized carbons (Fsp3) is 0. The van der Waals surface area contributed by atoms with Gasteiger partial charge in [-0.1, -0.05) is 127 Å². The maximum atomic E-state index is 6.52. The molecule has 0 aliphatic carbocycles. The normalized spacial score (nSPS) is 12.1. The molecule has 0 fully saturated rings. The first kappa shape index (κ1) is 32.6. The molecule has 0 N–H and O–H groups in total. The van der Waals surface area contributed by atoms with E-state index in [0.29, 0.717) is 17.5 Å². The van der Waals surface area contributed by atoms with E-state index in [2.05, 4.69) is 143 Å². The molecule has 8 aromatic carbocycles. The van der Waals surface area contributed by atoms with Crippen LogP contribution in [0.25, 0.3) is 67.2 Å². The van der Waals surface area contributed by atoms with Gasteiger partial charge in [-0.2, -0.15) is 0 Å². The molecule has 0 unspecified atom stereocenters. The minimum absolute atomic E-state index is 0.592. The summed E-state index contributed by atoms with van der Waals surface area (Å²) in [6, 6.07) is 69.4. The van der Waals surface area contributed by atoms with Crippen LogP contribution in [0.2, 0.25) is 0 Å². The summed E-state index contributed by atoms with van der Waals surface area (Å²) >= 11 is 0. The molecular formula is C51H33N5O. The highest BCUT2D eigenvalue weighted by molar-refractivity contribution is 6.08. The molecule has 0 saturated heterocycles. The van der Waals surface area contributed by atoms with Crippen LogP contribution in [-0.2, 0) is 0 Å². The van der Waals surface area contributed by atoms with Crippen molar-refractivity contribution in [2.45, 2.75) is 0 Å². The molecule has 0 spiro atoms. The van der Waals surface area contributed by atoms with Crippen molar-refractivity contribution in [2.24, 2.45) is 0 Å². The highest BCUT2D eigenvalue weighted by atomic mass is 16.3. The Labute approximate surface area is 329 Å². The summed E-state index contributed by atoms with van der Waals surface area (Å²) in [4.78, 5) is 19.5. The number of benzene rings is 8. The minimum atomic E-state index is 0.592. The Bertz CT molecular complexity index is 3020. The number of anilines is 6. The van der Waals surface area contributed by atoms with Gasteiger partial charge in [0.15, 0.2) is 17.5 Å². The number of para-hydroxylation sites is 4. The first-order chi connectivity index (χ1) is 28.2. The first-order valence-electron chi connectivity index (χ1n) is 19.0. The minimum Gasteiger partial charge on any atom is -0.456 e. The van der Waals surface area contributed by atoms with Gasteiger partial charge in [0.05, 0.1) is 22.7 Å². The zero-order valence-corrected chi connectivity index (χ0v) is 30.7. The number of nitrogens with zero attached hydrogens (tertiary/aromatic N) is 5. The van der Waals surface area contributed by atoms with Crippen LogP contribution in [0.4, 0.5) is 34.1 Å². The van der Waals surface area contributed by atoms with Crippen molar-refractivity contribution >= 4 is 56.1 Å². The van der Waals surface area contributed by atoms with Gasteiger partial charge in [-0.05, 0) is 83.9 Å². The molecule has 6 nitrogen and oxygen atoms in total. The lowest BCUT2D eigenvalue weighted by Gasteiger charge is -2.40. The van der Waals surface area contributed by atoms with Gasteiger partial charge in [-0.3, -0.25) is 0 Å². The topological polar surface area (TPSA) is 58.3 Å². The molecule has 0 saturated carbocycles. The van der Waals surface area contributed by atoms with E-state index in [1.54, 1.807) is 0 Å². The van der Waals surface area contributed by atoms with E-state index in [1.165, 1.54) is 0 Å². The van der Waals surface area contributed by atoms with Crippen molar-refractivity contribution < 1.29 is 4.42 Å². The quantitative estimate of drug-likeness (QED) is 0.170. The third kappa shape index (κ3) is 5.70. The smallest absolute Gasteiger partial charge is 0.164 e. The molecule has 0 radical (unpaired) electrons. The molecule has 268 valence electrons. The number of hydrogen-bond acceptors (Lipinski definition) is 6. The fourth-order valence-corrected chi connectivity index (χ4v) is 7.92. The van der Waals surface area contributed by atoms with E-state index in [0.717, 1.165) is 83.9 Å². The number of hydrogen-bond donors (Lipinski definition) is 0. The summed E-state index contributed by atoms with van der Waals surface area (Å²) in [5, 5.41) is 2.08. The Morgan fingerprint density at radius 3 is 1.35 bits per heavy atom. The van der Waals surface area contributed by atoms with Crippen molar-refractivity contribution in [2.75, 3.05) is 9.80 Å². The van der Waals surface area contributed by atoms with Crippen molar-refractivity contribution in [3.63, 3.8) is 0 Å². The number of fused-ring (bicyclic) bond motifs is 5. The first-order valence-corrected chi connectivity index (χ1v) is 19.0. The monoisotopic (exact) mass is 731 g/mol. The van der Waals surface area contributed by atoms with Crippen LogP contribution >= 0.6 is 0 Å². The largest absolute Gasteiger partial charge is 0.456 e. The highest BCUT2D eigenvalue weighted by Gasteiger charge is 2.30. The van der Waals surface area contributed by atoms with E-state index < -0.39 is 0 Å². The van der Waals surface area contributed by atoms with E-state index in [4.69, 9.17) is 19.4 Å². The van der Waals surface area contributed by atoms with E-state index in [-0.39, 0.29) is 0 Å². The maximum Gasteiger partial charge on any atom is 0.164 e. The van der Waals surface area contributed by atoms with Crippen LogP contribution in [0.3, 0.4) is 0 Å². The third-order valence-corrected chi connectivity index (χ3v) is 10.6. The van der Waals surface area contributed by atoms with Gasteiger partial charge in [-0.25, -0.2) is 15.0 Å². The predicted octanol–water partition coefficient (Wildman–Crippen LogP) is 13.7. The molecule has 1 aliphatic rings. The lowest BCUT2D eigenvalue weighted by atomic mass is 9.98.